The number of ether oxygens (including phenoxy) is 2. The second kappa shape index (κ2) is 12.1. The van der Waals surface area contributed by atoms with E-state index in [1.165, 1.54) is 16.5 Å². The molecule has 1 unspecified atom stereocenters. The zero-order chi connectivity index (χ0) is 30.9. The molecule has 43 heavy (non-hydrogen) atoms. The first-order chi connectivity index (χ1) is 20.4. The molecule has 1 atom stereocenters. The molecule has 7 nitrogen and oxygen atoms in total. The van der Waals surface area contributed by atoms with Gasteiger partial charge in [-0.25, -0.2) is 22.5 Å². The summed E-state index contributed by atoms with van der Waals surface area (Å²) in [4.78, 5) is 31.0. The standard InChI is InChI=1S/C32H31F4N3O4/c1-32(2,3)43-27(40)14-13-25(19-11-12-23(35)24(36)16-19)37-31(41)29-28(18-9-10-18)38-30-26(8-5-15-39(29)30)42-17-20-21(33)6-4-7-22(20)34/h4-8,11-12,15-16,18,25H,9-10,13-14,17H2,1-3H3,(H,37,41). The molecule has 4 aromatic rings. The summed E-state index contributed by atoms with van der Waals surface area (Å²) >= 11 is 0. The Morgan fingerprint density at radius 1 is 1.00 bits per heavy atom. The molecule has 1 amide bonds. The summed E-state index contributed by atoms with van der Waals surface area (Å²) in [5.41, 5.74) is 0.325. The number of halogens is 4. The molecule has 226 valence electrons. The Hall–Kier alpha value is -4.41. The van der Waals surface area contributed by atoms with E-state index < -0.39 is 53.4 Å². The number of aromatic nitrogens is 2. The van der Waals surface area contributed by atoms with E-state index in [4.69, 9.17) is 9.47 Å². The molecule has 0 radical (unpaired) electrons. The van der Waals surface area contributed by atoms with Gasteiger partial charge in [0.15, 0.2) is 23.0 Å². The maximum Gasteiger partial charge on any atom is 0.306 e. The van der Waals surface area contributed by atoms with E-state index in [9.17, 15) is 27.2 Å². The van der Waals surface area contributed by atoms with Crippen molar-refractivity contribution in [3.8, 4) is 5.75 Å². The zero-order valence-corrected chi connectivity index (χ0v) is 23.9. The van der Waals surface area contributed by atoms with E-state index in [0.717, 1.165) is 37.1 Å². The van der Waals surface area contributed by atoms with Crippen molar-refractivity contribution in [2.45, 2.75) is 70.6 Å². The molecule has 1 fully saturated rings. The second-order valence-corrected chi connectivity index (χ2v) is 11.5. The van der Waals surface area contributed by atoms with Gasteiger partial charge in [0.05, 0.1) is 17.3 Å². The predicted molar refractivity (Wildman–Crippen MR) is 150 cm³/mol. The largest absolute Gasteiger partial charge is 0.485 e. The maximum atomic E-state index is 14.2. The summed E-state index contributed by atoms with van der Waals surface area (Å²) in [6, 6.07) is 9.17. The molecule has 1 saturated carbocycles. The van der Waals surface area contributed by atoms with E-state index in [0.29, 0.717) is 5.69 Å². The average Bonchev–Trinajstić information content (AvgIpc) is 3.70. The van der Waals surface area contributed by atoms with Crippen LogP contribution in [0, 0.1) is 23.3 Å². The number of nitrogens with one attached hydrogen (secondary N) is 1. The van der Waals surface area contributed by atoms with Gasteiger partial charge in [-0.1, -0.05) is 12.1 Å². The Kier molecular flexibility index (Phi) is 8.43. The Balaban J connectivity index is 1.45. The molecule has 0 bridgehead atoms. The second-order valence-electron chi connectivity index (χ2n) is 11.5. The number of hydrogen-bond acceptors (Lipinski definition) is 5. The number of carbonyl (C=O) groups is 2. The van der Waals surface area contributed by atoms with Gasteiger partial charge in [0.2, 0.25) is 0 Å². The Bertz CT molecular complexity index is 1660. The van der Waals surface area contributed by atoms with E-state index in [-0.39, 0.29) is 47.0 Å². The van der Waals surface area contributed by atoms with Crippen LogP contribution in [0.2, 0.25) is 0 Å². The Morgan fingerprint density at radius 2 is 1.72 bits per heavy atom. The fraction of sp³-hybridized carbons (Fsp3) is 0.344. The van der Waals surface area contributed by atoms with Crippen LogP contribution in [0.25, 0.3) is 5.65 Å². The van der Waals surface area contributed by atoms with Crippen molar-refractivity contribution in [3.63, 3.8) is 0 Å². The lowest BCUT2D eigenvalue weighted by Gasteiger charge is -2.22. The summed E-state index contributed by atoms with van der Waals surface area (Å²) in [6.45, 7) is 4.80. The van der Waals surface area contributed by atoms with Crippen LogP contribution in [0.1, 0.15) is 85.7 Å². The quantitative estimate of drug-likeness (QED) is 0.158. The normalized spacial score (nSPS) is 14.0. The number of amides is 1. The number of benzene rings is 2. The number of esters is 1. The van der Waals surface area contributed by atoms with Crippen molar-refractivity contribution >= 4 is 17.5 Å². The number of hydrogen-bond donors (Lipinski definition) is 1. The number of fused-ring (bicyclic) bond motifs is 1. The smallest absolute Gasteiger partial charge is 0.306 e. The summed E-state index contributed by atoms with van der Waals surface area (Å²) in [5.74, 6) is -4.44. The van der Waals surface area contributed by atoms with Gasteiger partial charge in [0, 0.05) is 18.5 Å². The summed E-state index contributed by atoms with van der Waals surface area (Å²) < 4.78 is 69.0. The third-order valence-electron chi connectivity index (χ3n) is 6.96. The van der Waals surface area contributed by atoms with Crippen molar-refractivity contribution in [3.05, 3.63) is 101 Å². The van der Waals surface area contributed by atoms with Crippen LogP contribution in [0.4, 0.5) is 17.6 Å². The number of pyridine rings is 1. The lowest BCUT2D eigenvalue weighted by atomic mass is 10.0. The first-order valence-electron chi connectivity index (χ1n) is 14.0. The number of rotatable bonds is 10. The Morgan fingerprint density at radius 3 is 2.37 bits per heavy atom. The minimum absolute atomic E-state index is 0.0148. The van der Waals surface area contributed by atoms with Crippen LogP contribution < -0.4 is 10.1 Å². The van der Waals surface area contributed by atoms with Crippen LogP contribution in [0.15, 0.2) is 54.7 Å². The van der Waals surface area contributed by atoms with Crippen molar-refractivity contribution in [2.24, 2.45) is 0 Å². The SMILES string of the molecule is CC(C)(C)OC(=O)CCC(NC(=O)c1c(C2CC2)nc2c(OCc3c(F)cccc3F)cccn12)c1ccc(F)c(F)c1. The maximum absolute atomic E-state index is 14.2. The first-order valence-corrected chi connectivity index (χ1v) is 14.0. The highest BCUT2D eigenvalue weighted by molar-refractivity contribution is 5.95. The van der Waals surface area contributed by atoms with Gasteiger partial charge in [-0.15, -0.1) is 0 Å². The van der Waals surface area contributed by atoms with Gasteiger partial charge in [-0.3, -0.25) is 14.0 Å². The van der Waals surface area contributed by atoms with Gasteiger partial charge >= 0.3 is 5.97 Å². The highest BCUT2D eigenvalue weighted by atomic mass is 19.2. The lowest BCUT2D eigenvalue weighted by Crippen LogP contribution is -2.31. The third kappa shape index (κ3) is 6.98. The van der Waals surface area contributed by atoms with Gasteiger partial charge in [-0.05, 0) is 82.0 Å². The topological polar surface area (TPSA) is 81.9 Å². The molecule has 1 aliphatic carbocycles. The minimum atomic E-state index is -1.09. The molecule has 11 heteroatoms. The number of imidazole rings is 1. The average molecular weight is 598 g/mol. The number of carbonyl (C=O) groups excluding carboxylic acids is 2. The van der Waals surface area contributed by atoms with E-state index in [2.05, 4.69) is 10.3 Å². The van der Waals surface area contributed by atoms with Crippen LogP contribution in [-0.4, -0.2) is 26.9 Å². The molecule has 2 aromatic carbocycles. The predicted octanol–water partition coefficient (Wildman–Crippen LogP) is 6.94. The van der Waals surface area contributed by atoms with Crippen LogP contribution in [0.3, 0.4) is 0 Å². The first kappa shape index (κ1) is 30.1. The van der Waals surface area contributed by atoms with Crippen LogP contribution in [-0.2, 0) is 16.1 Å². The van der Waals surface area contributed by atoms with Gasteiger partial charge in [-0.2, -0.15) is 0 Å². The monoisotopic (exact) mass is 597 g/mol. The van der Waals surface area contributed by atoms with Crippen LogP contribution >= 0.6 is 0 Å². The van der Waals surface area contributed by atoms with Crippen molar-refractivity contribution < 1.29 is 36.6 Å². The summed E-state index contributed by atoms with van der Waals surface area (Å²) in [5, 5.41) is 2.87. The van der Waals surface area contributed by atoms with Crippen molar-refractivity contribution in [1.82, 2.24) is 14.7 Å². The van der Waals surface area contributed by atoms with Gasteiger partial charge < -0.3 is 14.8 Å². The van der Waals surface area contributed by atoms with Gasteiger partial charge in [0.1, 0.15) is 29.5 Å². The molecule has 5 rings (SSSR count). The number of nitrogens with zero attached hydrogens (tertiary/aromatic N) is 2. The molecule has 1 aliphatic rings. The van der Waals surface area contributed by atoms with Gasteiger partial charge in [0.25, 0.3) is 5.91 Å². The van der Waals surface area contributed by atoms with E-state index >= 15 is 0 Å². The van der Waals surface area contributed by atoms with Crippen molar-refractivity contribution in [1.29, 1.82) is 0 Å². The molecule has 2 aromatic heterocycles. The third-order valence-corrected chi connectivity index (χ3v) is 6.96. The molecule has 0 spiro atoms. The molecular weight excluding hydrogens is 566 g/mol. The molecule has 1 N–H and O–H groups in total. The molecule has 0 aliphatic heterocycles. The fourth-order valence-electron chi connectivity index (χ4n) is 4.79. The molecular formula is C32H31F4N3O4. The Labute approximate surface area is 245 Å². The van der Waals surface area contributed by atoms with E-state index in [1.807, 2.05) is 0 Å². The fourth-order valence-corrected chi connectivity index (χ4v) is 4.79. The summed E-state index contributed by atoms with van der Waals surface area (Å²) in [7, 11) is 0. The van der Waals surface area contributed by atoms with Crippen LogP contribution in [0.5, 0.6) is 5.75 Å². The minimum Gasteiger partial charge on any atom is -0.485 e. The summed E-state index contributed by atoms with van der Waals surface area (Å²) in [6.07, 6.45) is 3.21. The van der Waals surface area contributed by atoms with E-state index in [1.54, 1.807) is 39.1 Å². The van der Waals surface area contributed by atoms with Crippen molar-refractivity contribution in [2.75, 3.05) is 0 Å². The highest BCUT2D eigenvalue weighted by Crippen LogP contribution is 2.42. The molecule has 2 heterocycles. The highest BCUT2D eigenvalue weighted by Gasteiger charge is 2.34. The lowest BCUT2D eigenvalue weighted by molar-refractivity contribution is -0.155. The zero-order valence-electron chi connectivity index (χ0n) is 23.9. The molecule has 0 saturated heterocycles.